The van der Waals surface area contributed by atoms with Gasteiger partial charge in [-0.3, -0.25) is 9.88 Å². The molecule has 2 aliphatic rings. The van der Waals surface area contributed by atoms with Crippen molar-refractivity contribution >= 4 is 0 Å². The highest BCUT2D eigenvalue weighted by molar-refractivity contribution is 5.14. The summed E-state index contributed by atoms with van der Waals surface area (Å²) in [5, 5.41) is 3.51. The number of hydrogen-bond acceptors (Lipinski definition) is 5. The van der Waals surface area contributed by atoms with E-state index in [1.165, 1.54) is 18.4 Å². The summed E-state index contributed by atoms with van der Waals surface area (Å²) < 4.78 is 10.9. The Labute approximate surface area is 126 Å². The Morgan fingerprint density at radius 2 is 1.90 bits per heavy atom. The molecule has 21 heavy (non-hydrogen) atoms. The molecular weight excluding hydrogens is 266 g/mol. The third-order valence-electron chi connectivity index (χ3n) is 4.34. The first-order valence-electron chi connectivity index (χ1n) is 7.73. The fraction of sp³-hybridized carbons (Fsp3) is 0.688. The van der Waals surface area contributed by atoms with E-state index in [1.54, 1.807) is 14.2 Å². The molecule has 2 atom stereocenters. The maximum atomic E-state index is 5.47. The predicted octanol–water partition coefficient (Wildman–Crippen LogP) is 1.18. The Bertz CT molecular complexity index is 435. The average molecular weight is 291 g/mol. The number of likely N-dealkylation sites (tertiary alicyclic amines) is 1. The van der Waals surface area contributed by atoms with Gasteiger partial charge in [-0.2, -0.15) is 0 Å². The molecule has 0 amide bonds. The second-order valence-corrected chi connectivity index (χ2v) is 6.06. The average Bonchev–Trinajstić information content (AvgIpc) is 3.26. The highest BCUT2D eigenvalue weighted by Crippen LogP contribution is 2.20. The molecule has 2 unspecified atom stereocenters. The zero-order valence-corrected chi connectivity index (χ0v) is 12.9. The van der Waals surface area contributed by atoms with Crippen molar-refractivity contribution in [1.82, 2.24) is 15.2 Å². The molecule has 2 heterocycles. The van der Waals surface area contributed by atoms with Gasteiger partial charge >= 0.3 is 0 Å². The van der Waals surface area contributed by atoms with Crippen molar-refractivity contribution in [2.24, 2.45) is 0 Å². The number of rotatable bonds is 7. The molecular formula is C16H25N3O2. The molecule has 1 saturated heterocycles. The van der Waals surface area contributed by atoms with E-state index < -0.39 is 0 Å². The minimum Gasteiger partial charge on any atom is -0.377 e. The molecule has 0 spiro atoms. The van der Waals surface area contributed by atoms with E-state index >= 15 is 0 Å². The van der Waals surface area contributed by atoms with Crippen LogP contribution in [0.4, 0.5) is 0 Å². The summed E-state index contributed by atoms with van der Waals surface area (Å²) >= 11 is 0. The van der Waals surface area contributed by atoms with Gasteiger partial charge in [0.05, 0.1) is 17.9 Å². The summed E-state index contributed by atoms with van der Waals surface area (Å²) in [4.78, 5) is 6.92. The molecule has 2 fully saturated rings. The number of methoxy groups -OCH3 is 2. The Morgan fingerprint density at radius 3 is 2.43 bits per heavy atom. The summed E-state index contributed by atoms with van der Waals surface area (Å²) in [6, 6.07) is 5.05. The van der Waals surface area contributed by atoms with Gasteiger partial charge in [0.15, 0.2) is 0 Å². The van der Waals surface area contributed by atoms with Crippen molar-refractivity contribution in [3.05, 3.63) is 29.6 Å². The van der Waals surface area contributed by atoms with Crippen molar-refractivity contribution in [1.29, 1.82) is 0 Å². The fourth-order valence-corrected chi connectivity index (χ4v) is 2.83. The van der Waals surface area contributed by atoms with E-state index in [0.717, 1.165) is 37.9 Å². The van der Waals surface area contributed by atoms with Crippen LogP contribution in [0.1, 0.15) is 24.1 Å². The van der Waals surface area contributed by atoms with Crippen LogP contribution in [0.2, 0.25) is 0 Å². The minimum absolute atomic E-state index is 0.164. The van der Waals surface area contributed by atoms with Gasteiger partial charge in [0.2, 0.25) is 0 Å². The fourth-order valence-electron chi connectivity index (χ4n) is 2.83. The second-order valence-electron chi connectivity index (χ2n) is 6.06. The Hall–Kier alpha value is -1.01. The van der Waals surface area contributed by atoms with Crippen molar-refractivity contribution in [2.75, 3.05) is 27.3 Å². The molecule has 1 aromatic heterocycles. The van der Waals surface area contributed by atoms with Crippen molar-refractivity contribution < 1.29 is 9.47 Å². The van der Waals surface area contributed by atoms with Crippen molar-refractivity contribution in [3.63, 3.8) is 0 Å². The molecule has 1 saturated carbocycles. The van der Waals surface area contributed by atoms with Crippen LogP contribution in [0.25, 0.3) is 0 Å². The smallest absolute Gasteiger partial charge is 0.0971 e. The van der Waals surface area contributed by atoms with Crippen LogP contribution in [0, 0.1) is 0 Å². The van der Waals surface area contributed by atoms with Gasteiger partial charge in [-0.15, -0.1) is 0 Å². The van der Waals surface area contributed by atoms with Crippen LogP contribution in [-0.2, 0) is 22.6 Å². The molecule has 5 nitrogen and oxygen atoms in total. The SMILES string of the molecule is COC1CN(Cc2ccc(CNC3CC3)cn2)CC1OC. The van der Waals surface area contributed by atoms with E-state index in [2.05, 4.69) is 27.3 Å². The van der Waals surface area contributed by atoms with Crippen LogP contribution in [0.15, 0.2) is 18.3 Å². The molecule has 0 bridgehead atoms. The van der Waals surface area contributed by atoms with E-state index in [0.29, 0.717) is 0 Å². The summed E-state index contributed by atoms with van der Waals surface area (Å²) in [6.45, 7) is 3.60. The number of aromatic nitrogens is 1. The van der Waals surface area contributed by atoms with Crippen molar-refractivity contribution in [2.45, 2.75) is 44.2 Å². The highest BCUT2D eigenvalue weighted by Gasteiger charge is 2.32. The van der Waals surface area contributed by atoms with Crippen LogP contribution < -0.4 is 5.32 Å². The number of ether oxygens (including phenoxy) is 2. The first-order valence-corrected chi connectivity index (χ1v) is 7.73. The van der Waals surface area contributed by atoms with Gasteiger partial charge in [0.1, 0.15) is 0 Å². The lowest BCUT2D eigenvalue weighted by Gasteiger charge is -2.14. The summed E-state index contributed by atoms with van der Waals surface area (Å²) in [5.74, 6) is 0. The molecule has 1 aliphatic heterocycles. The van der Waals surface area contributed by atoms with E-state index in [9.17, 15) is 0 Å². The first-order chi connectivity index (χ1) is 10.3. The summed E-state index contributed by atoms with van der Waals surface area (Å²) in [5.41, 5.74) is 2.37. The summed E-state index contributed by atoms with van der Waals surface area (Å²) in [7, 11) is 3.50. The largest absolute Gasteiger partial charge is 0.377 e. The van der Waals surface area contributed by atoms with Gasteiger partial charge < -0.3 is 14.8 Å². The number of nitrogens with one attached hydrogen (secondary N) is 1. The minimum atomic E-state index is 0.164. The molecule has 116 valence electrons. The normalized spacial score (nSPS) is 26.4. The van der Waals surface area contributed by atoms with Gasteiger partial charge in [0, 0.05) is 52.6 Å². The van der Waals surface area contributed by atoms with Crippen LogP contribution in [0.5, 0.6) is 0 Å². The first kappa shape index (κ1) is 14.9. The zero-order chi connectivity index (χ0) is 14.7. The maximum absolute atomic E-state index is 5.47. The highest BCUT2D eigenvalue weighted by atomic mass is 16.5. The van der Waals surface area contributed by atoms with Crippen molar-refractivity contribution in [3.8, 4) is 0 Å². The molecule has 3 rings (SSSR count). The van der Waals surface area contributed by atoms with Gasteiger partial charge in [0.25, 0.3) is 0 Å². The third kappa shape index (κ3) is 4.01. The number of nitrogens with zero attached hydrogens (tertiary/aromatic N) is 2. The topological polar surface area (TPSA) is 46.6 Å². The van der Waals surface area contributed by atoms with E-state index in [1.807, 2.05) is 6.20 Å². The molecule has 5 heteroatoms. The van der Waals surface area contributed by atoms with Gasteiger partial charge in [-0.1, -0.05) is 6.07 Å². The number of hydrogen-bond donors (Lipinski definition) is 1. The van der Waals surface area contributed by atoms with Gasteiger partial charge in [-0.05, 0) is 24.5 Å². The molecule has 1 aromatic rings. The molecule has 0 radical (unpaired) electrons. The van der Waals surface area contributed by atoms with E-state index in [4.69, 9.17) is 9.47 Å². The quantitative estimate of drug-likeness (QED) is 0.817. The zero-order valence-electron chi connectivity index (χ0n) is 12.9. The van der Waals surface area contributed by atoms with Crippen LogP contribution >= 0.6 is 0 Å². The monoisotopic (exact) mass is 291 g/mol. The predicted molar refractivity (Wildman–Crippen MR) is 81.0 cm³/mol. The van der Waals surface area contributed by atoms with Gasteiger partial charge in [-0.25, -0.2) is 0 Å². The van der Waals surface area contributed by atoms with Crippen LogP contribution in [0.3, 0.4) is 0 Å². The Balaban J connectivity index is 1.50. The number of pyridine rings is 1. The van der Waals surface area contributed by atoms with Crippen LogP contribution in [-0.4, -0.2) is 55.4 Å². The lowest BCUT2D eigenvalue weighted by Crippen LogP contribution is -2.27. The molecule has 1 aliphatic carbocycles. The lowest BCUT2D eigenvalue weighted by atomic mass is 10.2. The maximum Gasteiger partial charge on any atom is 0.0971 e. The third-order valence-corrected chi connectivity index (χ3v) is 4.34. The Morgan fingerprint density at radius 1 is 1.19 bits per heavy atom. The second kappa shape index (κ2) is 6.83. The Kier molecular flexibility index (Phi) is 4.85. The molecule has 0 aromatic carbocycles. The standard InChI is InChI=1S/C16H25N3O2/c1-20-15-10-19(11-16(15)21-2)9-14-4-3-12(8-18-14)7-17-13-5-6-13/h3-4,8,13,15-17H,5-7,9-11H2,1-2H3. The lowest BCUT2D eigenvalue weighted by molar-refractivity contribution is -0.00461. The molecule has 1 N–H and O–H groups in total. The summed E-state index contributed by atoms with van der Waals surface area (Å²) in [6.07, 6.45) is 4.96. The van der Waals surface area contributed by atoms with E-state index in [-0.39, 0.29) is 12.2 Å².